The third kappa shape index (κ3) is 5.40. The lowest BCUT2D eigenvalue weighted by Gasteiger charge is -2.31. The molecule has 3 N–H and O–H groups in total. The number of rotatable bonds is 7. The first-order chi connectivity index (χ1) is 16.9. The maximum Gasteiger partial charge on any atom is 0.407 e. The molecule has 2 aromatic carbocycles. The highest BCUT2D eigenvalue weighted by Gasteiger charge is 2.36. The first kappa shape index (κ1) is 24.5. The molecule has 0 aromatic heterocycles. The molecule has 3 unspecified atom stereocenters. The summed E-state index contributed by atoms with van der Waals surface area (Å²) >= 11 is 0. The zero-order chi connectivity index (χ0) is 24.9. The van der Waals surface area contributed by atoms with E-state index >= 15 is 0 Å². The fourth-order valence-electron chi connectivity index (χ4n) is 4.77. The van der Waals surface area contributed by atoms with Gasteiger partial charge in [-0.15, -0.1) is 0 Å². The molecule has 186 valence electrons. The highest BCUT2D eigenvalue weighted by atomic mass is 16.5. The van der Waals surface area contributed by atoms with Crippen LogP contribution in [0, 0.1) is 0 Å². The number of nitrogens with zero attached hydrogens (tertiary/aromatic N) is 1. The fourth-order valence-corrected chi connectivity index (χ4v) is 4.77. The fraction of sp³-hybridized carbons (Fsp3) is 0.423. The van der Waals surface area contributed by atoms with Crippen LogP contribution in [-0.2, 0) is 4.74 Å². The Kier molecular flexibility index (Phi) is 7.55. The number of amides is 3. The molecule has 4 rings (SSSR count). The topological polar surface area (TPSA) is 117 Å². The predicted molar refractivity (Wildman–Crippen MR) is 129 cm³/mol. The van der Waals surface area contributed by atoms with Crippen molar-refractivity contribution >= 4 is 17.9 Å². The van der Waals surface area contributed by atoms with E-state index in [9.17, 15) is 14.4 Å². The zero-order valence-corrected chi connectivity index (χ0v) is 20.0. The van der Waals surface area contributed by atoms with Gasteiger partial charge in [0.25, 0.3) is 11.8 Å². The molecule has 2 heterocycles. The Morgan fingerprint density at radius 2 is 1.91 bits per heavy atom. The Bertz CT molecular complexity index is 1090. The van der Waals surface area contributed by atoms with Crippen molar-refractivity contribution in [3.63, 3.8) is 0 Å². The number of carboxylic acid groups (broad SMARTS) is 1. The van der Waals surface area contributed by atoms with Crippen molar-refractivity contribution < 1.29 is 29.0 Å². The highest BCUT2D eigenvalue weighted by molar-refractivity contribution is 6.02. The van der Waals surface area contributed by atoms with Gasteiger partial charge in [0.05, 0.1) is 24.8 Å². The number of fused-ring (bicyclic) bond motifs is 1. The summed E-state index contributed by atoms with van der Waals surface area (Å²) in [5.74, 6) is -0.169. The first-order valence-corrected chi connectivity index (χ1v) is 11.9. The minimum absolute atomic E-state index is 0.0945. The molecule has 0 radical (unpaired) electrons. The van der Waals surface area contributed by atoms with Gasteiger partial charge in [-0.05, 0) is 37.5 Å². The minimum Gasteiger partial charge on any atom is -0.489 e. The van der Waals surface area contributed by atoms with E-state index < -0.39 is 6.09 Å². The summed E-state index contributed by atoms with van der Waals surface area (Å²) in [6, 6.07) is 13.3. The number of morpholine rings is 1. The maximum absolute atomic E-state index is 13.0. The first-order valence-electron chi connectivity index (χ1n) is 11.9. The van der Waals surface area contributed by atoms with Crippen LogP contribution in [0.15, 0.2) is 42.5 Å². The van der Waals surface area contributed by atoms with E-state index in [1.54, 1.807) is 13.1 Å². The average Bonchev–Trinajstić information content (AvgIpc) is 3.21. The van der Waals surface area contributed by atoms with Crippen molar-refractivity contribution in [1.29, 1.82) is 0 Å². The van der Waals surface area contributed by atoms with Crippen LogP contribution < -0.4 is 15.4 Å². The van der Waals surface area contributed by atoms with Crippen LogP contribution in [0.5, 0.6) is 5.75 Å². The van der Waals surface area contributed by atoms with Gasteiger partial charge in [0, 0.05) is 37.2 Å². The third-order valence-electron chi connectivity index (χ3n) is 6.52. The lowest BCUT2D eigenvalue weighted by Crippen LogP contribution is -2.45. The van der Waals surface area contributed by atoms with E-state index in [1.165, 1.54) is 4.90 Å². The van der Waals surface area contributed by atoms with E-state index in [-0.39, 0.29) is 29.9 Å². The second-order valence-electron chi connectivity index (χ2n) is 8.85. The summed E-state index contributed by atoms with van der Waals surface area (Å²) in [6.45, 7) is 3.46. The average molecular weight is 482 g/mol. The van der Waals surface area contributed by atoms with Crippen LogP contribution in [-0.4, -0.2) is 73.4 Å². The SMILES string of the molecule is CNC(=O)c1cc(C(=O)NCCCC2CN(C(=O)O)CCO2)cc2c1OC(C)C2c1ccccc1. The van der Waals surface area contributed by atoms with E-state index in [2.05, 4.69) is 10.6 Å². The van der Waals surface area contributed by atoms with E-state index in [0.717, 1.165) is 11.1 Å². The Morgan fingerprint density at radius 3 is 2.63 bits per heavy atom. The molecular weight excluding hydrogens is 450 g/mol. The molecule has 0 spiro atoms. The number of hydrogen-bond donors (Lipinski definition) is 3. The maximum atomic E-state index is 13.0. The van der Waals surface area contributed by atoms with Crippen molar-refractivity contribution in [3.8, 4) is 5.75 Å². The second-order valence-corrected chi connectivity index (χ2v) is 8.85. The highest BCUT2D eigenvalue weighted by Crippen LogP contribution is 2.44. The van der Waals surface area contributed by atoms with E-state index in [1.807, 2.05) is 43.3 Å². The summed E-state index contributed by atoms with van der Waals surface area (Å²) in [4.78, 5) is 38.2. The van der Waals surface area contributed by atoms with Gasteiger partial charge >= 0.3 is 6.09 Å². The number of ether oxygens (including phenoxy) is 2. The number of carbonyl (C=O) groups is 3. The lowest BCUT2D eigenvalue weighted by molar-refractivity contribution is -0.0259. The molecule has 9 nitrogen and oxygen atoms in total. The number of carbonyl (C=O) groups excluding carboxylic acids is 2. The molecular formula is C26H31N3O6. The Morgan fingerprint density at radius 1 is 1.14 bits per heavy atom. The number of benzene rings is 2. The molecule has 9 heteroatoms. The van der Waals surface area contributed by atoms with E-state index in [0.29, 0.717) is 56.0 Å². The predicted octanol–water partition coefficient (Wildman–Crippen LogP) is 2.85. The van der Waals surface area contributed by atoms with Crippen molar-refractivity contribution in [3.05, 3.63) is 64.7 Å². The summed E-state index contributed by atoms with van der Waals surface area (Å²) in [5.41, 5.74) is 2.61. The molecule has 3 atom stereocenters. The summed E-state index contributed by atoms with van der Waals surface area (Å²) in [7, 11) is 1.55. The monoisotopic (exact) mass is 481 g/mol. The van der Waals surface area contributed by atoms with Crippen LogP contribution in [0.4, 0.5) is 4.79 Å². The smallest absolute Gasteiger partial charge is 0.407 e. The van der Waals surface area contributed by atoms with Crippen LogP contribution >= 0.6 is 0 Å². The molecule has 2 aliphatic rings. The van der Waals surface area contributed by atoms with Crippen molar-refractivity contribution in [2.24, 2.45) is 0 Å². The molecule has 2 aromatic rings. The summed E-state index contributed by atoms with van der Waals surface area (Å²) < 4.78 is 11.7. The molecule has 0 bridgehead atoms. The summed E-state index contributed by atoms with van der Waals surface area (Å²) in [6.07, 6.45) is -0.0256. The van der Waals surface area contributed by atoms with Gasteiger partial charge in [0.2, 0.25) is 0 Å². The largest absolute Gasteiger partial charge is 0.489 e. The van der Waals surface area contributed by atoms with Gasteiger partial charge in [-0.25, -0.2) is 4.79 Å². The van der Waals surface area contributed by atoms with Crippen LogP contribution in [0.3, 0.4) is 0 Å². The molecule has 2 aliphatic heterocycles. The molecule has 3 amide bonds. The molecule has 0 aliphatic carbocycles. The molecule has 0 saturated carbocycles. The van der Waals surface area contributed by atoms with Gasteiger partial charge in [0.1, 0.15) is 11.9 Å². The van der Waals surface area contributed by atoms with Crippen molar-refractivity contribution in [2.75, 3.05) is 33.3 Å². The van der Waals surface area contributed by atoms with Crippen molar-refractivity contribution in [2.45, 2.75) is 37.9 Å². The Hall–Kier alpha value is -3.59. The summed E-state index contributed by atoms with van der Waals surface area (Å²) in [5, 5.41) is 14.7. The zero-order valence-electron chi connectivity index (χ0n) is 20.0. The number of hydrogen-bond acceptors (Lipinski definition) is 5. The van der Waals surface area contributed by atoms with Crippen LogP contribution in [0.1, 0.15) is 57.5 Å². The van der Waals surface area contributed by atoms with Crippen LogP contribution in [0.2, 0.25) is 0 Å². The van der Waals surface area contributed by atoms with Gasteiger partial charge in [-0.3, -0.25) is 9.59 Å². The van der Waals surface area contributed by atoms with Gasteiger partial charge in [0.15, 0.2) is 0 Å². The van der Waals surface area contributed by atoms with Gasteiger partial charge in [-0.2, -0.15) is 0 Å². The quantitative estimate of drug-likeness (QED) is 0.524. The van der Waals surface area contributed by atoms with Crippen LogP contribution in [0.25, 0.3) is 0 Å². The minimum atomic E-state index is -0.942. The molecule has 1 saturated heterocycles. The normalized spacial score (nSPS) is 21.1. The molecule has 35 heavy (non-hydrogen) atoms. The Balaban J connectivity index is 1.47. The second kappa shape index (κ2) is 10.8. The number of nitrogens with one attached hydrogen (secondary N) is 2. The molecule has 1 fully saturated rings. The lowest BCUT2D eigenvalue weighted by atomic mass is 9.87. The van der Waals surface area contributed by atoms with Gasteiger partial charge in [-0.1, -0.05) is 30.3 Å². The standard InChI is InChI=1S/C26H31N3O6/c1-16-22(17-7-4-3-5-8-17)20-13-18(14-21(23(20)35-16)25(31)27-2)24(30)28-10-6-9-19-15-29(26(32)33)11-12-34-19/h3-5,7-8,13-14,16,19,22H,6,9-12,15H2,1-2H3,(H,27,31)(H,28,30)(H,32,33). The Labute approximate surface area is 204 Å². The van der Waals surface area contributed by atoms with Crippen molar-refractivity contribution in [1.82, 2.24) is 15.5 Å². The third-order valence-corrected chi connectivity index (χ3v) is 6.52. The van der Waals surface area contributed by atoms with E-state index in [4.69, 9.17) is 14.6 Å². The van der Waals surface area contributed by atoms with Gasteiger partial charge < -0.3 is 30.1 Å².